The first kappa shape index (κ1) is 31.2. The number of amides is 5. The highest BCUT2D eigenvalue weighted by Crippen LogP contribution is 2.37. The van der Waals surface area contributed by atoms with Crippen molar-refractivity contribution in [2.75, 3.05) is 32.3 Å². The quantitative estimate of drug-likeness (QED) is 0.282. The summed E-state index contributed by atoms with van der Waals surface area (Å²) in [6.07, 6.45) is -4.67. The molecule has 1 saturated heterocycles. The number of hydrogen-bond acceptors (Lipinski definition) is 5. The Balaban J connectivity index is 1.68. The predicted molar refractivity (Wildman–Crippen MR) is 139 cm³/mol. The summed E-state index contributed by atoms with van der Waals surface area (Å²) in [5.74, 6) is -8.10. The fourth-order valence-corrected chi connectivity index (χ4v) is 4.15. The van der Waals surface area contributed by atoms with Crippen LogP contribution < -0.4 is 9.64 Å². The summed E-state index contributed by atoms with van der Waals surface area (Å²) < 4.78 is 88.3. The van der Waals surface area contributed by atoms with Gasteiger partial charge in [0.25, 0.3) is 5.91 Å². The zero-order valence-electron chi connectivity index (χ0n) is 22.1. The van der Waals surface area contributed by atoms with Crippen molar-refractivity contribution in [2.45, 2.75) is 6.18 Å². The normalized spacial score (nSPS) is 13.7. The molecule has 226 valence electrons. The number of urea groups is 1. The molecule has 43 heavy (non-hydrogen) atoms. The highest BCUT2D eigenvalue weighted by Gasteiger charge is 2.41. The molecular weight excluding hydrogens is 610 g/mol. The molecule has 16 heteroatoms. The van der Waals surface area contributed by atoms with E-state index in [1.165, 1.54) is 14.1 Å². The number of rotatable bonds is 4. The van der Waals surface area contributed by atoms with Crippen LogP contribution in [0.2, 0.25) is 5.02 Å². The largest absolute Gasteiger partial charge is 0.456 e. The Hall–Kier alpha value is -4.79. The van der Waals surface area contributed by atoms with Gasteiger partial charge in [-0.3, -0.25) is 24.2 Å². The van der Waals surface area contributed by atoms with Crippen LogP contribution in [-0.4, -0.2) is 65.9 Å². The SMILES string of the molecule is CN(C)C(=O)C(=O)N1CN(C(=O)c2c(F)cccc2F)C(=O)N(c2ccc(Oc3ccc(C(F)(F)F)cc3Cl)cc2F)C1. The number of carbonyl (C=O) groups excluding carboxylic acids is 4. The van der Waals surface area contributed by atoms with Crippen LogP contribution >= 0.6 is 11.6 Å². The van der Waals surface area contributed by atoms with Crippen molar-refractivity contribution in [2.24, 2.45) is 0 Å². The van der Waals surface area contributed by atoms with Crippen LogP contribution in [0.15, 0.2) is 54.6 Å². The van der Waals surface area contributed by atoms with Crippen molar-refractivity contribution in [3.8, 4) is 11.5 Å². The number of likely N-dealkylation sites (N-methyl/N-ethyl adjacent to an activating group) is 1. The van der Waals surface area contributed by atoms with Crippen LogP contribution in [0.5, 0.6) is 11.5 Å². The van der Waals surface area contributed by atoms with Crippen molar-refractivity contribution in [1.29, 1.82) is 0 Å². The van der Waals surface area contributed by atoms with Gasteiger partial charge in [-0.1, -0.05) is 17.7 Å². The summed E-state index contributed by atoms with van der Waals surface area (Å²) in [6.45, 7) is -1.64. The summed E-state index contributed by atoms with van der Waals surface area (Å²) in [5, 5.41) is -0.431. The van der Waals surface area contributed by atoms with Gasteiger partial charge in [0, 0.05) is 20.2 Å². The molecule has 0 radical (unpaired) electrons. The summed E-state index contributed by atoms with van der Waals surface area (Å²) >= 11 is 5.88. The van der Waals surface area contributed by atoms with Gasteiger partial charge >= 0.3 is 24.0 Å². The molecule has 9 nitrogen and oxygen atoms in total. The van der Waals surface area contributed by atoms with E-state index in [1.807, 2.05) is 0 Å². The molecule has 1 fully saturated rings. The highest BCUT2D eigenvalue weighted by atomic mass is 35.5. The van der Waals surface area contributed by atoms with Crippen LogP contribution in [0.4, 0.5) is 36.8 Å². The van der Waals surface area contributed by atoms with Crippen molar-refractivity contribution in [1.82, 2.24) is 14.7 Å². The van der Waals surface area contributed by atoms with E-state index >= 15 is 4.39 Å². The Bertz CT molecular complexity index is 1610. The van der Waals surface area contributed by atoms with Crippen molar-refractivity contribution < 1.29 is 50.3 Å². The molecule has 0 atom stereocenters. The van der Waals surface area contributed by atoms with E-state index in [9.17, 15) is 41.1 Å². The smallest absolute Gasteiger partial charge is 0.416 e. The number of alkyl halides is 3. The Labute approximate surface area is 244 Å². The molecule has 1 heterocycles. The first-order valence-corrected chi connectivity index (χ1v) is 12.4. The van der Waals surface area contributed by atoms with E-state index in [1.54, 1.807) is 0 Å². The minimum atomic E-state index is -4.67. The minimum Gasteiger partial charge on any atom is -0.456 e. The standard InChI is InChI=1S/C27H19ClF6N4O5/c1-35(2)24(40)25(41)36-12-37(26(42)38(13-36)23(39)22-17(29)4-3-5-18(22)30)20-8-7-15(11-19(20)31)43-21-9-6-14(10-16(21)28)27(32,33)34/h3-11H,12-13H2,1-2H3. The lowest BCUT2D eigenvalue weighted by Gasteiger charge is -2.41. The van der Waals surface area contributed by atoms with Crippen molar-refractivity contribution in [3.05, 3.63) is 88.2 Å². The molecule has 0 bridgehead atoms. The van der Waals surface area contributed by atoms with Gasteiger partial charge in [-0.05, 0) is 42.5 Å². The number of ether oxygens (including phenoxy) is 1. The second kappa shape index (κ2) is 11.8. The van der Waals surface area contributed by atoms with Crippen LogP contribution in [0.3, 0.4) is 0 Å². The average Bonchev–Trinajstić information content (AvgIpc) is 2.93. The van der Waals surface area contributed by atoms with E-state index in [2.05, 4.69) is 0 Å². The van der Waals surface area contributed by atoms with E-state index < -0.39 is 82.6 Å². The molecule has 0 aliphatic carbocycles. The highest BCUT2D eigenvalue weighted by molar-refractivity contribution is 6.35. The van der Waals surface area contributed by atoms with Gasteiger partial charge in [-0.15, -0.1) is 0 Å². The van der Waals surface area contributed by atoms with Crippen LogP contribution in [0.25, 0.3) is 0 Å². The molecule has 0 N–H and O–H groups in total. The lowest BCUT2D eigenvalue weighted by Crippen LogP contribution is -2.63. The van der Waals surface area contributed by atoms with Gasteiger partial charge < -0.3 is 9.64 Å². The van der Waals surface area contributed by atoms with Gasteiger partial charge in [0.1, 0.15) is 42.0 Å². The maximum atomic E-state index is 15.4. The first-order valence-electron chi connectivity index (χ1n) is 12.0. The number of nitrogens with zero attached hydrogens (tertiary/aromatic N) is 4. The molecule has 3 aromatic carbocycles. The molecule has 1 aliphatic heterocycles. The minimum absolute atomic E-state index is 0.251. The Morgan fingerprint density at radius 1 is 0.907 bits per heavy atom. The van der Waals surface area contributed by atoms with E-state index in [0.717, 1.165) is 47.4 Å². The molecule has 0 aromatic heterocycles. The number of benzene rings is 3. The molecular formula is C27H19ClF6N4O5. The number of carbonyl (C=O) groups is 4. The van der Waals surface area contributed by atoms with Gasteiger partial charge in [-0.25, -0.2) is 22.9 Å². The van der Waals surface area contributed by atoms with Gasteiger partial charge in [0.15, 0.2) is 5.82 Å². The maximum Gasteiger partial charge on any atom is 0.416 e. The third-order valence-electron chi connectivity index (χ3n) is 6.08. The van der Waals surface area contributed by atoms with E-state index in [4.69, 9.17) is 16.3 Å². The summed E-state index contributed by atoms with van der Waals surface area (Å²) in [7, 11) is 2.51. The topological polar surface area (TPSA) is 90.5 Å². The van der Waals surface area contributed by atoms with Crippen LogP contribution in [-0.2, 0) is 15.8 Å². The van der Waals surface area contributed by atoms with E-state index in [-0.39, 0.29) is 16.4 Å². The molecule has 4 rings (SSSR count). The monoisotopic (exact) mass is 628 g/mol. The number of halogens is 7. The van der Waals surface area contributed by atoms with Gasteiger partial charge in [0.05, 0.1) is 16.3 Å². The second-order valence-electron chi connectivity index (χ2n) is 9.23. The Morgan fingerprint density at radius 2 is 1.56 bits per heavy atom. The summed E-state index contributed by atoms with van der Waals surface area (Å²) in [4.78, 5) is 54.1. The lowest BCUT2D eigenvalue weighted by molar-refractivity contribution is -0.151. The Morgan fingerprint density at radius 3 is 2.12 bits per heavy atom. The first-order chi connectivity index (χ1) is 20.1. The fraction of sp³-hybridized carbons (Fsp3) is 0.185. The molecule has 0 saturated carbocycles. The van der Waals surface area contributed by atoms with E-state index in [0.29, 0.717) is 21.9 Å². The fourth-order valence-electron chi connectivity index (χ4n) is 3.93. The predicted octanol–water partition coefficient (Wildman–Crippen LogP) is 5.48. The molecule has 1 aliphatic rings. The molecule has 5 amide bonds. The maximum absolute atomic E-state index is 15.4. The molecule has 3 aromatic rings. The summed E-state index contributed by atoms with van der Waals surface area (Å²) in [5.41, 5.74) is -2.71. The summed E-state index contributed by atoms with van der Waals surface area (Å²) in [6, 6.07) is 6.28. The van der Waals surface area contributed by atoms with Gasteiger partial charge in [-0.2, -0.15) is 13.2 Å². The van der Waals surface area contributed by atoms with Crippen molar-refractivity contribution >= 4 is 41.0 Å². The third-order valence-corrected chi connectivity index (χ3v) is 6.38. The lowest BCUT2D eigenvalue weighted by atomic mass is 10.1. The molecule has 0 unspecified atom stereocenters. The van der Waals surface area contributed by atoms with Gasteiger partial charge in [0.2, 0.25) is 0 Å². The van der Waals surface area contributed by atoms with Crippen LogP contribution in [0, 0.1) is 17.5 Å². The third kappa shape index (κ3) is 6.35. The van der Waals surface area contributed by atoms with Crippen LogP contribution in [0.1, 0.15) is 15.9 Å². The second-order valence-corrected chi connectivity index (χ2v) is 9.63. The molecule has 0 spiro atoms. The Kier molecular flexibility index (Phi) is 8.57. The number of anilines is 1. The zero-order valence-corrected chi connectivity index (χ0v) is 22.8. The number of imide groups is 1. The average molecular weight is 629 g/mol. The van der Waals surface area contributed by atoms with Crippen molar-refractivity contribution in [3.63, 3.8) is 0 Å². The number of hydrogen-bond donors (Lipinski definition) is 0. The zero-order chi connectivity index (χ0) is 31.8.